The van der Waals surface area contributed by atoms with E-state index in [0.29, 0.717) is 22.5 Å². The van der Waals surface area contributed by atoms with Gasteiger partial charge in [-0.1, -0.05) is 139 Å². The fraction of sp³-hybridized carbons (Fsp3) is 0. The van der Waals surface area contributed by atoms with Crippen molar-refractivity contribution in [3.8, 4) is 56.4 Å². The minimum atomic E-state index is 0.618. The van der Waals surface area contributed by atoms with E-state index in [1.807, 2.05) is 78.9 Å². The Kier molecular flexibility index (Phi) is 6.56. The molecule has 7 aromatic rings. The van der Waals surface area contributed by atoms with E-state index in [4.69, 9.17) is 26.6 Å². The summed E-state index contributed by atoms with van der Waals surface area (Å²) in [7, 11) is 0. The van der Waals surface area contributed by atoms with Gasteiger partial charge in [-0.15, -0.1) is 0 Å². The smallest absolute Gasteiger partial charge is 0.164 e. The van der Waals surface area contributed by atoms with Gasteiger partial charge in [-0.05, 0) is 51.2 Å². The van der Waals surface area contributed by atoms with Crippen LogP contribution < -0.4 is 0 Å². The Morgan fingerprint density at radius 2 is 0.878 bits per heavy atom. The molecule has 0 aliphatic carbocycles. The van der Waals surface area contributed by atoms with Gasteiger partial charge in [0.1, 0.15) is 0 Å². The number of aromatic nitrogens is 3. The lowest BCUT2D eigenvalue weighted by molar-refractivity contribution is 1.07. The summed E-state index contributed by atoms with van der Waals surface area (Å²) in [4.78, 5) is 14.9. The molecular formula is C37H24ClN3. The molecule has 0 spiro atoms. The molecule has 4 heteroatoms. The quantitative estimate of drug-likeness (QED) is 0.216. The molecule has 0 saturated carbocycles. The molecule has 41 heavy (non-hydrogen) atoms. The molecule has 0 fully saturated rings. The van der Waals surface area contributed by atoms with Crippen LogP contribution in [0.25, 0.3) is 67.2 Å². The van der Waals surface area contributed by atoms with Gasteiger partial charge >= 0.3 is 0 Å². The van der Waals surface area contributed by atoms with Crippen LogP contribution in [0.5, 0.6) is 0 Å². The van der Waals surface area contributed by atoms with E-state index < -0.39 is 0 Å². The summed E-state index contributed by atoms with van der Waals surface area (Å²) in [5, 5.41) is 3.07. The molecule has 194 valence electrons. The van der Waals surface area contributed by atoms with Crippen molar-refractivity contribution >= 4 is 22.4 Å². The van der Waals surface area contributed by atoms with Crippen molar-refractivity contribution in [1.29, 1.82) is 0 Å². The minimum Gasteiger partial charge on any atom is -0.208 e. The monoisotopic (exact) mass is 545 g/mol. The first kappa shape index (κ1) is 24.9. The van der Waals surface area contributed by atoms with Crippen molar-refractivity contribution in [1.82, 2.24) is 15.0 Å². The molecule has 1 aromatic heterocycles. The average molecular weight is 546 g/mol. The number of fused-ring (bicyclic) bond motifs is 1. The second kappa shape index (κ2) is 10.8. The Balaban J connectivity index is 1.44. The zero-order chi connectivity index (χ0) is 27.6. The summed E-state index contributed by atoms with van der Waals surface area (Å²) < 4.78 is 0. The highest BCUT2D eigenvalue weighted by atomic mass is 35.5. The normalized spacial score (nSPS) is 11.0. The lowest BCUT2D eigenvalue weighted by Crippen LogP contribution is -2.01. The Morgan fingerprint density at radius 3 is 1.56 bits per heavy atom. The van der Waals surface area contributed by atoms with Gasteiger partial charge in [0.2, 0.25) is 0 Å². The van der Waals surface area contributed by atoms with Crippen LogP contribution in [-0.2, 0) is 0 Å². The van der Waals surface area contributed by atoms with Crippen LogP contribution in [-0.4, -0.2) is 15.0 Å². The highest BCUT2D eigenvalue weighted by Gasteiger charge is 2.18. The van der Waals surface area contributed by atoms with Crippen LogP contribution >= 0.6 is 11.6 Å². The summed E-state index contributed by atoms with van der Waals surface area (Å²) in [6.45, 7) is 0. The summed E-state index contributed by atoms with van der Waals surface area (Å²) in [5.74, 6) is 1.89. The molecule has 0 saturated heterocycles. The van der Waals surface area contributed by atoms with Gasteiger partial charge in [-0.2, -0.15) is 0 Å². The predicted molar refractivity (Wildman–Crippen MR) is 170 cm³/mol. The van der Waals surface area contributed by atoms with Gasteiger partial charge in [0.15, 0.2) is 17.5 Å². The van der Waals surface area contributed by atoms with Gasteiger partial charge in [0, 0.05) is 21.7 Å². The molecule has 0 aliphatic heterocycles. The maximum Gasteiger partial charge on any atom is 0.164 e. The first-order valence-electron chi connectivity index (χ1n) is 13.5. The fourth-order valence-electron chi connectivity index (χ4n) is 5.19. The van der Waals surface area contributed by atoms with Crippen LogP contribution in [0.3, 0.4) is 0 Å². The summed E-state index contributed by atoms with van der Waals surface area (Å²) in [6.07, 6.45) is 0. The molecule has 0 amide bonds. The van der Waals surface area contributed by atoms with Crippen LogP contribution in [0.1, 0.15) is 0 Å². The molecule has 0 aliphatic rings. The Morgan fingerprint density at radius 1 is 0.341 bits per heavy atom. The standard InChI is InChI=1S/C37H24ClN3/c38-30-21-22-32(34(24-30)29-20-19-25-11-7-8-16-28(25)23-29)31-17-9-10-18-33(31)37-40-35(26-12-3-1-4-13-26)39-36(41-37)27-14-5-2-6-15-27/h1-24H. The van der Waals surface area contributed by atoms with Crippen molar-refractivity contribution in [2.24, 2.45) is 0 Å². The second-order valence-electron chi connectivity index (χ2n) is 9.84. The summed E-state index contributed by atoms with van der Waals surface area (Å²) in [6, 6.07) is 49.3. The zero-order valence-corrected chi connectivity index (χ0v) is 22.8. The Labute approximate surface area is 243 Å². The van der Waals surface area contributed by atoms with Crippen molar-refractivity contribution < 1.29 is 0 Å². The Bertz CT molecular complexity index is 1950. The molecule has 3 nitrogen and oxygen atoms in total. The number of nitrogens with zero attached hydrogens (tertiary/aromatic N) is 3. The average Bonchev–Trinajstić information content (AvgIpc) is 3.05. The van der Waals surface area contributed by atoms with Gasteiger partial charge < -0.3 is 0 Å². The van der Waals surface area contributed by atoms with Crippen molar-refractivity contribution in [2.75, 3.05) is 0 Å². The van der Waals surface area contributed by atoms with E-state index in [-0.39, 0.29) is 0 Å². The van der Waals surface area contributed by atoms with E-state index in [0.717, 1.165) is 38.9 Å². The number of halogens is 1. The SMILES string of the molecule is Clc1ccc(-c2ccccc2-c2nc(-c3ccccc3)nc(-c3ccccc3)n2)c(-c2ccc3ccccc3c2)c1. The Hall–Kier alpha value is -5.12. The van der Waals surface area contributed by atoms with Crippen LogP contribution in [0.4, 0.5) is 0 Å². The van der Waals surface area contributed by atoms with E-state index in [9.17, 15) is 0 Å². The topological polar surface area (TPSA) is 38.7 Å². The third-order valence-corrected chi connectivity index (χ3v) is 7.43. The van der Waals surface area contributed by atoms with E-state index in [1.165, 1.54) is 10.8 Å². The number of hydrogen-bond acceptors (Lipinski definition) is 3. The molecule has 1 heterocycles. The first-order valence-corrected chi connectivity index (χ1v) is 13.9. The summed E-state index contributed by atoms with van der Waals surface area (Å²) >= 11 is 6.57. The zero-order valence-electron chi connectivity index (χ0n) is 22.1. The number of hydrogen-bond donors (Lipinski definition) is 0. The lowest BCUT2D eigenvalue weighted by Gasteiger charge is -2.16. The molecule has 6 aromatic carbocycles. The molecular weight excluding hydrogens is 522 g/mol. The minimum absolute atomic E-state index is 0.618. The van der Waals surface area contributed by atoms with Crippen molar-refractivity contribution in [3.63, 3.8) is 0 Å². The largest absolute Gasteiger partial charge is 0.208 e. The fourth-order valence-corrected chi connectivity index (χ4v) is 5.36. The molecule has 0 radical (unpaired) electrons. The van der Waals surface area contributed by atoms with Crippen LogP contribution in [0.15, 0.2) is 146 Å². The van der Waals surface area contributed by atoms with Gasteiger partial charge in [-0.3, -0.25) is 0 Å². The number of rotatable bonds is 5. The maximum atomic E-state index is 6.57. The summed E-state index contributed by atoms with van der Waals surface area (Å²) in [5.41, 5.74) is 7.04. The van der Waals surface area contributed by atoms with Gasteiger partial charge in [0.25, 0.3) is 0 Å². The first-order chi connectivity index (χ1) is 20.2. The third-order valence-electron chi connectivity index (χ3n) is 7.20. The lowest BCUT2D eigenvalue weighted by atomic mass is 9.90. The van der Waals surface area contributed by atoms with E-state index in [1.54, 1.807) is 0 Å². The van der Waals surface area contributed by atoms with Crippen LogP contribution in [0.2, 0.25) is 5.02 Å². The number of benzene rings is 6. The van der Waals surface area contributed by atoms with E-state index >= 15 is 0 Å². The molecule has 0 unspecified atom stereocenters. The molecule has 0 N–H and O–H groups in total. The van der Waals surface area contributed by atoms with Crippen LogP contribution in [0, 0.1) is 0 Å². The van der Waals surface area contributed by atoms with Crippen molar-refractivity contribution in [2.45, 2.75) is 0 Å². The highest BCUT2D eigenvalue weighted by Crippen LogP contribution is 2.40. The van der Waals surface area contributed by atoms with Crippen molar-refractivity contribution in [3.05, 3.63) is 151 Å². The highest BCUT2D eigenvalue weighted by molar-refractivity contribution is 6.31. The third kappa shape index (κ3) is 5.00. The van der Waals surface area contributed by atoms with Gasteiger partial charge in [0.05, 0.1) is 0 Å². The molecule has 7 rings (SSSR count). The van der Waals surface area contributed by atoms with E-state index in [2.05, 4.69) is 66.7 Å². The molecule has 0 atom stereocenters. The molecule has 0 bridgehead atoms. The predicted octanol–water partition coefficient (Wildman–Crippen LogP) is 10.0. The maximum absolute atomic E-state index is 6.57. The van der Waals surface area contributed by atoms with Gasteiger partial charge in [-0.25, -0.2) is 15.0 Å². The second-order valence-corrected chi connectivity index (χ2v) is 10.3.